The zero-order valence-corrected chi connectivity index (χ0v) is 9.72. The fraction of sp³-hybridized carbons (Fsp3) is 0.0909. The van der Waals surface area contributed by atoms with Gasteiger partial charge in [0.25, 0.3) is 0 Å². The molecular weight excluding hydrogens is 228 g/mol. The molecule has 0 fully saturated rings. The van der Waals surface area contributed by atoms with Crippen LogP contribution in [-0.4, -0.2) is 16.2 Å². The summed E-state index contributed by atoms with van der Waals surface area (Å²) in [5.74, 6) is 0. The van der Waals surface area contributed by atoms with Crippen molar-refractivity contribution in [1.82, 2.24) is 9.97 Å². The smallest absolute Gasteiger partial charge is 0.129 e. The lowest BCUT2D eigenvalue weighted by Gasteiger charge is -2.01. The van der Waals surface area contributed by atoms with E-state index in [-0.39, 0.29) is 0 Å². The van der Waals surface area contributed by atoms with Gasteiger partial charge in [0.1, 0.15) is 5.15 Å². The van der Waals surface area contributed by atoms with Crippen molar-refractivity contribution < 1.29 is 0 Å². The van der Waals surface area contributed by atoms with Crippen molar-refractivity contribution in [3.05, 3.63) is 41.7 Å². The third kappa shape index (κ3) is 2.49. The molecule has 0 saturated heterocycles. The molecule has 0 atom stereocenters. The minimum Gasteiger partial charge on any atom is -0.253 e. The summed E-state index contributed by atoms with van der Waals surface area (Å²) in [4.78, 5) is 9.65. The third-order valence-electron chi connectivity index (χ3n) is 1.95. The van der Waals surface area contributed by atoms with Crippen LogP contribution in [0.25, 0.3) is 11.4 Å². The first-order chi connectivity index (χ1) is 7.29. The minimum atomic E-state index is 0.489. The quantitative estimate of drug-likeness (QED) is 0.590. The second-order valence-electron chi connectivity index (χ2n) is 2.93. The number of hydrogen-bond acceptors (Lipinski definition) is 3. The number of thioether (sulfide) groups is 1. The van der Waals surface area contributed by atoms with Crippen LogP contribution in [0.1, 0.15) is 0 Å². The Labute approximate surface area is 97.7 Å². The van der Waals surface area contributed by atoms with Crippen molar-refractivity contribution in [2.24, 2.45) is 0 Å². The number of nitrogens with zero attached hydrogens (tertiary/aromatic N) is 2. The van der Waals surface area contributed by atoms with Crippen LogP contribution < -0.4 is 0 Å². The Morgan fingerprint density at radius 1 is 1.13 bits per heavy atom. The Kier molecular flexibility index (Phi) is 3.23. The molecule has 0 unspecified atom stereocenters. The zero-order chi connectivity index (χ0) is 10.7. The largest absolute Gasteiger partial charge is 0.253 e. The van der Waals surface area contributed by atoms with Gasteiger partial charge in [0.15, 0.2) is 0 Å². The van der Waals surface area contributed by atoms with Gasteiger partial charge < -0.3 is 0 Å². The van der Waals surface area contributed by atoms with Crippen molar-refractivity contribution in [1.29, 1.82) is 0 Å². The van der Waals surface area contributed by atoms with E-state index in [4.69, 9.17) is 11.6 Å². The molecule has 15 heavy (non-hydrogen) atoms. The normalized spacial score (nSPS) is 10.3. The zero-order valence-electron chi connectivity index (χ0n) is 8.14. The molecule has 2 aromatic rings. The van der Waals surface area contributed by atoms with Crippen LogP contribution in [0.15, 0.2) is 41.4 Å². The Bertz CT molecular complexity index is 456. The number of rotatable bonds is 2. The van der Waals surface area contributed by atoms with Gasteiger partial charge in [-0.2, -0.15) is 0 Å². The molecule has 0 aliphatic heterocycles. The molecule has 2 heterocycles. The summed E-state index contributed by atoms with van der Waals surface area (Å²) < 4.78 is 0. The Balaban J connectivity index is 2.37. The van der Waals surface area contributed by atoms with Crippen molar-refractivity contribution in [3.63, 3.8) is 0 Å². The summed E-state index contributed by atoms with van der Waals surface area (Å²) in [6.07, 6.45) is 3.86. The highest BCUT2D eigenvalue weighted by molar-refractivity contribution is 7.98. The van der Waals surface area contributed by atoms with Crippen molar-refractivity contribution >= 4 is 23.4 Å². The van der Waals surface area contributed by atoms with Crippen LogP contribution in [0.3, 0.4) is 0 Å². The standard InChI is InChI=1S/C11H9ClN2S/c1-15-8-5-6-9(13-7-8)10-3-2-4-11(12)14-10/h2-7H,1H3. The SMILES string of the molecule is CSc1ccc(-c2cccc(Cl)n2)nc1. The van der Waals surface area contributed by atoms with E-state index >= 15 is 0 Å². The molecular formula is C11H9ClN2S. The molecule has 0 aliphatic carbocycles. The van der Waals surface area contributed by atoms with E-state index in [1.54, 1.807) is 17.8 Å². The summed E-state index contributed by atoms with van der Waals surface area (Å²) in [6.45, 7) is 0. The van der Waals surface area contributed by atoms with Gasteiger partial charge in [0.2, 0.25) is 0 Å². The van der Waals surface area contributed by atoms with E-state index in [1.807, 2.05) is 36.7 Å². The molecule has 4 heteroatoms. The van der Waals surface area contributed by atoms with Gasteiger partial charge in [0, 0.05) is 11.1 Å². The number of hydrogen-bond donors (Lipinski definition) is 0. The summed E-state index contributed by atoms with van der Waals surface area (Å²) in [6, 6.07) is 9.49. The topological polar surface area (TPSA) is 25.8 Å². The fourth-order valence-electron chi connectivity index (χ4n) is 1.20. The Hall–Kier alpha value is -1.06. The second-order valence-corrected chi connectivity index (χ2v) is 4.20. The van der Waals surface area contributed by atoms with E-state index in [0.717, 1.165) is 16.3 Å². The van der Waals surface area contributed by atoms with Crippen LogP contribution in [0, 0.1) is 0 Å². The van der Waals surface area contributed by atoms with Gasteiger partial charge in [-0.1, -0.05) is 17.7 Å². The molecule has 0 spiro atoms. The first-order valence-corrected chi connectivity index (χ1v) is 6.03. The molecule has 0 saturated carbocycles. The van der Waals surface area contributed by atoms with E-state index in [2.05, 4.69) is 9.97 Å². The predicted octanol–water partition coefficient (Wildman–Crippen LogP) is 3.52. The van der Waals surface area contributed by atoms with E-state index in [1.165, 1.54) is 0 Å². The maximum atomic E-state index is 5.81. The van der Waals surface area contributed by atoms with Gasteiger partial charge in [-0.05, 0) is 30.5 Å². The highest BCUT2D eigenvalue weighted by atomic mass is 35.5. The average molecular weight is 237 g/mol. The van der Waals surface area contributed by atoms with Crippen LogP contribution in [0.5, 0.6) is 0 Å². The molecule has 2 rings (SSSR count). The third-order valence-corrected chi connectivity index (χ3v) is 2.87. The molecule has 0 radical (unpaired) electrons. The van der Waals surface area contributed by atoms with E-state index in [0.29, 0.717) is 5.15 Å². The Morgan fingerprint density at radius 2 is 2.00 bits per heavy atom. The van der Waals surface area contributed by atoms with Gasteiger partial charge in [-0.15, -0.1) is 11.8 Å². The number of halogens is 1. The van der Waals surface area contributed by atoms with Gasteiger partial charge in [0.05, 0.1) is 11.4 Å². The monoisotopic (exact) mass is 236 g/mol. The molecule has 0 bridgehead atoms. The van der Waals surface area contributed by atoms with E-state index in [9.17, 15) is 0 Å². The van der Waals surface area contributed by atoms with Crippen molar-refractivity contribution in [2.75, 3.05) is 6.26 Å². The summed E-state index contributed by atoms with van der Waals surface area (Å²) in [5, 5.41) is 0.489. The molecule has 2 aromatic heterocycles. The number of aromatic nitrogens is 2. The first-order valence-electron chi connectivity index (χ1n) is 4.42. The van der Waals surface area contributed by atoms with E-state index < -0.39 is 0 Å². The van der Waals surface area contributed by atoms with Gasteiger partial charge in [-0.3, -0.25) is 4.98 Å². The van der Waals surface area contributed by atoms with Crippen LogP contribution in [-0.2, 0) is 0 Å². The van der Waals surface area contributed by atoms with Crippen molar-refractivity contribution in [3.8, 4) is 11.4 Å². The average Bonchev–Trinajstić information content (AvgIpc) is 2.29. The molecule has 0 amide bonds. The maximum absolute atomic E-state index is 5.81. The lowest BCUT2D eigenvalue weighted by molar-refractivity contribution is 1.20. The summed E-state index contributed by atoms with van der Waals surface area (Å²) in [5.41, 5.74) is 1.64. The number of pyridine rings is 2. The first kappa shape index (κ1) is 10.5. The fourth-order valence-corrected chi connectivity index (χ4v) is 1.73. The molecule has 76 valence electrons. The van der Waals surface area contributed by atoms with Crippen LogP contribution in [0.2, 0.25) is 5.15 Å². The minimum absolute atomic E-state index is 0.489. The molecule has 2 nitrogen and oxygen atoms in total. The predicted molar refractivity (Wildman–Crippen MR) is 64.3 cm³/mol. The highest BCUT2D eigenvalue weighted by Crippen LogP contribution is 2.19. The highest BCUT2D eigenvalue weighted by Gasteiger charge is 2.01. The lowest BCUT2D eigenvalue weighted by atomic mass is 10.2. The van der Waals surface area contributed by atoms with Crippen molar-refractivity contribution in [2.45, 2.75) is 4.90 Å². The van der Waals surface area contributed by atoms with Gasteiger partial charge in [-0.25, -0.2) is 4.98 Å². The van der Waals surface area contributed by atoms with Gasteiger partial charge >= 0.3 is 0 Å². The molecule has 0 N–H and O–H groups in total. The van der Waals surface area contributed by atoms with Crippen LogP contribution in [0.4, 0.5) is 0 Å². The lowest BCUT2D eigenvalue weighted by Crippen LogP contribution is -1.87. The molecule has 0 aliphatic rings. The summed E-state index contributed by atoms with van der Waals surface area (Å²) in [7, 11) is 0. The second kappa shape index (κ2) is 4.64. The van der Waals surface area contributed by atoms with Crippen LogP contribution >= 0.6 is 23.4 Å². The summed E-state index contributed by atoms with van der Waals surface area (Å²) >= 11 is 7.48. The maximum Gasteiger partial charge on any atom is 0.129 e. The Morgan fingerprint density at radius 3 is 2.60 bits per heavy atom. The molecule has 0 aromatic carbocycles.